The number of carbonyl (C=O) groups excluding carboxylic acids is 1. The van der Waals surface area contributed by atoms with E-state index in [1.807, 2.05) is 0 Å². The number of hydrogen-bond acceptors (Lipinski definition) is 4. The van der Waals surface area contributed by atoms with Crippen LogP contribution in [0.3, 0.4) is 0 Å². The van der Waals surface area contributed by atoms with Crippen LogP contribution in [-0.4, -0.2) is 57.6 Å². The molecule has 1 unspecified atom stereocenters. The van der Waals surface area contributed by atoms with Gasteiger partial charge in [-0.05, 0) is 19.8 Å². The second kappa shape index (κ2) is 5.37. The summed E-state index contributed by atoms with van der Waals surface area (Å²) in [6.45, 7) is 1.82. The largest absolute Gasteiger partial charge is 0.480 e. The van der Waals surface area contributed by atoms with Gasteiger partial charge in [-0.1, -0.05) is 0 Å². The predicted octanol–water partition coefficient (Wildman–Crippen LogP) is 0.587. The first-order valence-electron chi connectivity index (χ1n) is 5.18. The monoisotopic (exact) mass is 246 g/mol. The minimum Gasteiger partial charge on any atom is -0.480 e. The van der Waals surface area contributed by atoms with Crippen molar-refractivity contribution in [2.75, 3.05) is 13.2 Å². The maximum Gasteiger partial charge on any atom is 0.428 e. The van der Waals surface area contributed by atoms with Crippen LogP contribution in [0.4, 0.5) is 9.59 Å². The molecule has 0 bridgehead atoms. The van der Waals surface area contributed by atoms with Crippen LogP contribution < -0.4 is 0 Å². The van der Waals surface area contributed by atoms with Crippen LogP contribution in [0.2, 0.25) is 0 Å². The number of carboxylic acid groups (broad SMARTS) is 2. The van der Waals surface area contributed by atoms with Gasteiger partial charge in [-0.3, -0.25) is 0 Å². The Bertz CT molecular complexity index is 331. The zero-order chi connectivity index (χ0) is 13.0. The van der Waals surface area contributed by atoms with Crippen molar-refractivity contribution < 1.29 is 29.3 Å². The van der Waals surface area contributed by atoms with Crippen LogP contribution in [0, 0.1) is 0 Å². The molecule has 1 heterocycles. The summed E-state index contributed by atoms with van der Waals surface area (Å²) >= 11 is 0. The SMILES string of the molecule is CCOC(=O)N1CCCC(C(=O)O)N1C(=O)O. The average Bonchev–Trinajstić information content (AvgIpc) is 2.28. The van der Waals surface area contributed by atoms with E-state index >= 15 is 0 Å². The number of aliphatic carboxylic acids is 1. The highest BCUT2D eigenvalue weighted by Crippen LogP contribution is 2.19. The zero-order valence-electron chi connectivity index (χ0n) is 9.33. The number of hydrogen-bond donors (Lipinski definition) is 2. The minimum absolute atomic E-state index is 0.0977. The van der Waals surface area contributed by atoms with E-state index in [0.717, 1.165) is 5.01 Å². The molecule has 8 heteroatoms. The van der Waals surface area contributed by atoms with Gasteiger partial charge in [0.15, 0.2) is 6.04 Å². The Hall–Kier alpha value is -1.99. The van der Waals surface area contributed by atoms with Crippen molar-refractivity contribution in [3.63, 3.8) is 0 Å². The maximum absolute atomic E-state index is 11.5. The van der Waals surface area contributed by atoms with Crippen LogP contribution in [0.5, 0.6) is 0 Å². The molecule has 0 radical (unpaired) electrons. The van der Waals surface area contributed by atoms with Crippen molar-refractivity contribution in [2.45, 2.75) is 25.8 Å². The predicted molar refractivity (Wildman–Crippen MR) is 54.2 cm³/mol. The van der Waals surface area contributed by atoms with Gasteiger partial charge in [-0.15, -0.1) is 0 Å². The van der Waals surface area contributed by atoms with Crippen LogP contribution in [0.1, 0.15) is 19.8 Å². The first kappa shape index (κ1) is 13.1. The lowest BCUT2D eigenvalue weighted by atomic mass is 10.1. The summed E-state index contributed by atoms with van der Waals surface area (Å²) in [5, 5.41) is 19.2. The molecular weight excluding hydrogens is 232 g/mol. The van der Waals surface area contributed by atoms with Gasteiger partial charge in [-0.2, -0.15) is 5.01 Å². The third kappa shape index (κ3) is 2.77. The fraction of sp³-hybridized carbons (Fsp3) is 0.667. The Balaban J connectivity index is 2.90. The summed E-state index contributed by atoms with van der Waals surface area (Å²) in [5.41, 5.74) is 0. The van der Waals surface area contributed by atoms with Crippen LogP contribution in [0.15, 0.2) is 0 Å². The standard InChI is InChI=1S/C9H14N2O6/c1-2-17-9(16)10-5-3-4-6(7(12)13)11(10)8(14)15/h6H,2-5H2,1H3,(H,12,13)(H,14,15). The molecule has 1 aliphatic rings. The molecule has 1 atom stereocenters. The van der Waals surface area contributed by atoms with Crippen LogP contribution in [0.25, 0.3) is 0 Å². The highest BCUT2D eigenvalue weighted by molar-refractivity contribution is 5.81. The van der Waals surface area contributed by atoms with E-state index in [1.165, 1.54) is 0 Å². The van der Waals surface area contributed by atoms with E-state index in [0.29, 0.717) is 11.4 Å². The van der Waals surface area contributed by atoms with Gasteiger partial charge in [-0.25, -0.2) is 19.4 Å². The topological polar surface area (TPSA) is 107 Å². The van der Waals surface area contributed by atoms with Gasteiger partial charge in [0.05, 0.1) is 6.61 Å². The molecular formula is C9H14N2O6. The van der Waals surface area contributed by atoms with E-state index in [4.69, 9.17) is 10.2 Å². The van der Waals surface area contributed by atoms with Crippen molar-refractivity contribution in [3.8, 4) is 0 Å². The molecule has 8 nitrogen and oxygen atoms in total. The van der Waals surface area contributed by atoms with Gasteiger partial charge >= 0.3 is 18.2 Å². The number of carbonyl (C=O) groups is 3. The third-order valence-electron chi connectivity index (χ3n) is 2.36. The van der Waals surface area contributed by atoms with E-state index < -0.39 is 24.2 Å². The molecule has 0 spiro atoms. The maximum atomic E-state index is 11.5. The lowest BCUT2D eigenvalue weighted by Gasteiger charge is -2.39. The first-order valence-corrected chi connectivity index (χ1v) is 5.18. The van der Waals surface area contributed by atoms with Gasteiger partial charge in [0.2, 0.25) is 0 Å². The molecule has 1 saturated heterocycles. The third-order valence-corrected chi connectivity index (χ3v) is 2.36. The van der Waals surface area contributed by atoms with Gasteiger partial charge in [0.25, 0.3) is 0 Å². The second-order valence-electron chi connectivity index (χ2n) is 3.45. The molecule has 0 aromatic heterocycles. The lowest BCUT2D eigenvalue weighted by molar-refractivity contribution is -0.152. The van der Waals surface area contributed by atoms with Crippen molar-refractivity contribution in [2.24, 2.45) is 0 Å². The molecule has 0 aromatic rings. The second-order valence-corrected chi connectivity index (χ2v) is 3.45. The Kier molecular flexibility index (Phi) is 4.13. The Morgan fingerprint density at radius 2 is 2.00 bits per heavy atom. The number of carboxylic acids is 1. The zero-order valence-corrected chi connectivity index (χ0v) is 9.33. The molecule has 96 valence electrons. The summed E-state index contributed by atoms with van der Waals surface area (Å²) in [6, 6.07) is -1.24. The average molecular weight is 246 g/mol. The summed E-state index contributed by atoms with van der Waals surface area (Å²) in [4.78, 5) is 33.4. The van der Waals surface area contributed by atoms with E-state index in [1.54, 1.807) is 6.92 Å². The first-order chi connectivity index (χ1) is 7.99. The summed E-state index contributed by atoms with van der Waals surface area (Å²) < 4.78 is 4.68. The highest BCUT2D eigenvalue weighted by Gasteiger charge is 2.40. The van der Waals surface area contributed by atoms with Crippen LogP contribution in [-0.2, 0) is 9.53 Å². The van der Waals surface area contributed by atoms with E-state index in [-0.39, 0.29) is 19.6 Å². The summed E-state index contributed by atoms with van der Waals surface area (Å²) in [6.07, 6.45) is -1.73. The molecule has 0 saturated carbocycles. The highest BCUT2D eigenvalue weighted by atomic mass is 16.6. The van der Waals surface area contributed by atoms with Crippen molar-refractivity contribution in [1.82, 2.24) is 10.0 Å². The minimum atomic E-state index is -1.48. The Morgan fingerprint density at radius 1 is 1.35 bits per heavy atom. The smallest absolute Gasteiger partial charge is 0.428 e. The van der Waals surface area contributed by atoms with Gasteiger partial charge in [0.1, 0.15) is 0 Å². The summed E-state index contributed by atoms with van der Waals surface area (Å²) in [7, 11) is 0. The number of hydrazine groups is 1. The van der Waals surface area contributed by atoms with Crippen molar-refractivity contribution >= 4 is 18.2 Å². The Labute approximate surface area is 97.3 Å². The number of rotatable bonds is 2. The van der Waals surface area contributed by atoms with Gasteiger partial charge < -0.3 is 14.9 Å². The molecule has 1 fully saturated rings. The molecule has 2 amide bonds. The molecule has 0 aliphatic carbocycles. The summed E-state index contributed by atoms with van der Waals surface area (Å²) in [5.74, 6) is -1.28. The lowest BCUT2D eigenvalue weighted by Crippen LogP contribution is -2.59. The molecule has 1 rings (SSSR count). The Morgan fingerprint density at radius 3 is 2.47 bits per heavy atom. The molecule has 17 heavy (non-hydrogen) atoms. The van der Waals surface area contributed by atoms with E-state index in [2.05, 4.69) is 4.74 Å². The normalized spacial score (nSPS) is 19.9. The quantitative estimate of drug-likeness (QED) is 0.738. The van der Waals surface area contributed by atoms with Gasteiger partial charge in [0, 0.05) is 6.54 Å². The molecule has 2 N–H and O–H groups in total. The van der Waals surface area contributed by atoms with Crippen molar-refractivity contribution in [3.05, 3.63) is 0 Å². The molecule has 1 aliphatic heterocycles. The number of nitrogens with zero attached hydrogens (tertiary/aromatic N) is 2. The fourth-order valence-corrected chi connectivity index (χ4v) is 1.67. The van der Waals surface area contributed by atoms with E-state index in [9.17, 15) is 14.4 Å². The fourth-order valence-electron chi connectivity index (χ4n) is 1.67. The van der Waals surface area contributed by atoms with Crippen LogP contribution >= 0.6 is 0 Å². The number of ether oxygens (including phenoxy) is 1. The van der Waals surface area contributed by atoms with Crippen molar-refractivity contribution in [1.29, 1.82) is 0 Å². The number of amides is 2. The molecule has 0 aromatic carbocycles.